The molecule has 17 heavy (non-hydrogen) atoms. The molecule has 0 radical (unpaired) electrons. The van der Waals surface area contributed by atoms with Crippen LogP contribution in [0.4, 0.5) is 0 Å². The van der Waals surface area contributed by atoms with Crippen molar-refractivity contribution >= 4 is 28.9 Å². The number of rotatable bonds is 2. The van der Waals surface area contributed by atoms with Crippen LogP contribution in [0.25, 0.3) is 5.70 Å². The highest BCUT2D eigenvalue weighted by molar-refractivity contribution is 6.31. The fourth-order valence-electron chi connectivity index (χ4n) is 1.60. The van der Waals surface area contributed by atoms with Crippen molar-refractivity contribution in [1.82, 2.24) is 0 Å². The summed E-state index contributed by atoms with van der Waals surface area (Å²) in [5.41, 5.74) is 2.04. The van der Waals surface area contributed by atoms with Crippen LogP contribution in [0, 0.1) is 4.91 Å². The zero-order chi connectivity index (χ0) is 12.3. The van der Waals surface area contributed by atoms with E-state index in [0.29, 0.717) is 22.2 Å². The minimum atomic E-state index is 0.429. The third-order valence-electron chi connectivity index (χ3n) is 2.47. The van der Waals surface area contributed by atoms with E-state index in [1.54, 1.807) is 30.3 Å². The molecule has 0 atom stereocenters. The molecular weight excluding hydrogens is 257 g/mol. The van der Waals surface area contributed by atoms with Gasteiger partial charge in [-0.05, 0) is 35.4 Å². The first-order valence-corrected chi connectivity index (χ1v) is 5.82. The summed E-state index contributed by atoms with van der Waals surface area (Å²) >= 11 is 11.6. The lowest BCUT2D eigenvalue weighted by atomic mass is 10.0. The number of hydrogen-bond donors (Lipinski definition) is 0. The standard InChI is InChI=1S/C13H9Cl2NO/c14-11-5-1-9(2-6-11)13(16-17)10-3-7-12(15)8-4-10/h1-3,5-8H,4H2/b13-10-. The van der Waals surface area contributed by atoms with Crippen molar-refractivity contribution in [1.29, 1.82) is 0 Å². The molecular formula is C13H9Cl2NO. The zero-order valence-corrected chi connectivity index (χ0v) is 10.4. The number of nitroso groups, excluding NO2 is 1. The van der Waals surface area contributed by atoms with Gasteiger partial charge in [0.15, 0.2) is 0 Å². The predicted octanol–water partition coefficient (Wildman–Crippen LogP) is 4.90. The Morgan fingerprint density at radius 3 is 2.35 bits per heavy atom. The minimum absolute atomic E-state index is 0.429. The second-order valence-electron chi connectivity index (χ2n) is 3.60. The van der Waals surface area contributed by atoms with Gasteiger partial charge >= 0.3 is 0 Å². The van der Waals surface area contributed by atoms with Crippen molar-refractivity contribution in [3.05, 3.63) is 68.6 Å². The van der Waals surface area contributed by atoms with Gasteiger partial charge in [-0.15, -0.1) is 4.91 Å². The van der Waals surface area contributed by atoms with Crippen molar-refractivity contribution in [3.63, 3.8) is 0 Å². The third kappa shape index (κ3) is 2.84. The smallest absolute Gasteiger partial charge is 0.118 e. The second kappa shape index (κ2) is 5.30. The van der Waals surface area contributed by atoms with Crippen molar-refractivity contribution in [3.8, 4) is 0 Å². The Morgan fingerprint density at radius 2 is 1.82 bits per heavy atom. The number of halogens is 2. The van der Waals surface area contributed by atoms with Gasteiger partial charge in [0.25, 0.3) is 0 Å². The monoisotopic (exact) mass is 265 g/mol. The molecule has 0 saturated heterocycles. The van der Waals surface area contributed by atoms with E-state index in [9.17, 15) is 4.91 Å². The normalized spacial score (nSPS) is 17.6. The van der Waals surface area contributed by atoms with Crippen molar-refractivity contribution in [2.24, 2.45) is 5.18 Å². The average Bonchev–Trinajstić information content (AvgIpc) is 2.35. The van der Waals surface area contributed by atoms with E-state index >= 15 is 0 Å². The van der Waals surface area contributed by atoms with E-state index in [4.69, 9.17) is 23.2 Å². The van der Waals surface area contributed by atoms with Crippen LogP contribution in [0.15, 0.2) is 58.3 Å². The Bertz CT molecular complexity index is 527. The van der Waals surface area contributed by atoms with E-state index in [1.807, 2.05) is 12.2 Å². The lowest BCUT2D eigenvalue weighted by Gasteiger charge is -2.08. The molecule has 0 unspecified atom stereocenters. The maximum absolute atomic E-state index is 10.9. The fourth-order valence-corrected chi connectivity index (χ4v) is 1.87. The molecule has 1 aliphatic carbocycles. The van der Waals surface area contributed by atoms with E-state index in [0.717, 1.165) is 11.1 Å². The SMILES string of the molecule is O=N/C(=C1/C=CC(Cl)=CC1)c1ccc(Cl)cc1. The summed E-state index contributed by atoms with van der Waals surface area (Å²) in [7, 11) is 0. The van der Waals surface area contributed by atoms with Gasteiger partial charge in [-0.25, -0.2) is 0 Å². The van der Waals surface area contributed by atoms with Gasteiger partial charge in [-0.1, -0.05) is 47.5 Å². The van der Waals surface area contributed by atoms with Gasteiger partial charge in [-0.2, -0.15) is 0 Å². The number of hydrogen-bond acceptors (Lipinski definition) is 2. The van der Waals surface area contributed by atoms with E-state index < -0.39 is 0 Å². The predicted molar refractivity (Wildman–Crippen MR) is 71.9 cm³/mol. The largest absolute Gasteiger partial charge is 0.145 e. The second-order valence-corrected chi connectivity index (χ2v) is 4.47. The molecule has 0 bridgehead atoms. The van der Waals surface area contributed by atoms with Gasteiger partial charge in [0.2, 0.25) is 0 Å². The van der Waals surface area contributed by atoms with Gasteiger partial charge in [-0.3, -0.25) is 0 Å². The molecule has 0 aromatic heterocycles. The van der Waals surface area contributed by atoms with Gasteiger partial charge in [0.1, 0.15) is 5.70 Å². The first-order chi connectivity index (χ1) is 8.20. The average molecular weight is 266 g/mol. The summed E-state index contributed by atoms with van der Waals surface area (Å²) in [6.07, 6.45) is 6.02. The van der Waals surface area contributed by atoms with Crippen molar-refractivity contribution in [2.45, 2.75) is 6.42 Å². The van der Waals surface area contributed by atoms with Crippen LogP contribution in [0.2, 0.25) is 5.02 Å². The highest BCUT2D eigenvalue weighted by Crippen LogP contribution is 2.28. The van der Waals surface area contributed by atoms with Crippen LogP contribution < -0.4 is 0 Å². The molecule has 0 amide bonds. The highest BCUT2D eigenvalue weighted by atomic mass is 35.5. The molecule has 1 aromatic rings. The fraction of sp³-hybridized carbons (Fsp3) is 0.0769. The molecule has 2 rings (SSSR count). The molecule has 2 nitrogen and oxygen atoms in total. The molecule has 0 fully saturated rings. The first-order valence-electron chi connectivity index (χ1n) is 5.07. The van der Waals surface area contributed by atoms with Gasteiger partial charge in [0.05, 0.1) is 0 Å². The highest BCUT2D eigenvalue weighted by Gasteiger charge is 2.10. The van der Waals surface area contributed by atoms with E-state index in [1.165, 1.54) is 0 Å². The number of nitrogens with zero attached hydrogens (tertiary/aromatic N) is 1. The molecule has 1 aromatic carbocycles. The van der Waals surface area contributed by atoms with Crippen molar-refractivity contribution in [2.75, 3.05) is 0 Å². The Labute approximate surface area is 109 Å². The van der Waals surface area contributed by atoms with Crippen molar-refractivity contribution < 1.29 is 0 Å². The summed E-state index contributed by atoms with van der Waals surface area (Å²) < 4.78 is 0. The molecule has 4 heteroatoms. The molecule has 1 aliphatic rings. The Hall–Kier alpha value is -1.38. The first kappa shape index (κ1) is 12.1. The summed E-state index contributed by atoms with van der Waals surface area (Å²) in [5.74, 6) is 0. The molecule has 0 N–H and O–H groups in total. The topological polar surface area (TPSA) is 29.4 Å². The maximum atomic E-state index is 10.9. The van der Waals surface area contributed by atoms with Crippen LogP contribution in [0.1, 0.15) is 12.0 Å². The number of allylic oxidation sites excluding steroid dienone is 5. The minimum Gasteiger partial charge on any atom is -0.145 e. The third-order valence-corrected chi connectivity index (χ3v) is 3.01. The number of benzene rings is 1. The Morgan fingerprint density at radius 1 is 1.12 bits per heavy atom. The van der Waals surface area contributed by atoms with Gasteiger partial charge < -0.3 is 0 Å². The van der Waals surface area contributed by atoms with Crippen LogP contribution in [-0.2, 0) is 0 Å². The Kier molecular flexibility index (Phi) is 3.77. The zero-order valence-electron chi connectivity index (χ0n) is 8.86. The quantitative estimate of drug-likeness (QED) is 0.700. The lowest BCUT2D eigenvalue weighted by Crippen LogP contribution is -1.90. The summed E-state index contributed by atoms with van der Waals surface area (Å²) in [4.78, 5) is 10.9. The van der Waals surface area contributed by atoms with Crippen LogP contribution in [-0.4, -0.2) is 0 Å². The lowest BCUT2D eigenvalue weighted by molar-refractivity contribution is 1.23. The van der Waals surface area contributed by atoms with Gasteiger partial charge in [0, 0.05) is 15.6 Å². The summed E-state index contributed by atoms with van der Waals surface area (Å²) in [5, 5.41) is 4.41. The Balaban J connectivity index is 2.41. The molecule has 0 saturated carbocycles. The molecule has 0 aliphatic heterocycles. The van der Waals surface area contributed by atoms with E-state index in [2.05, 4.69) is 5.18 Å². The molecule has 0 heterocycles. The summed E-state index contributed by atoms with van der Waals surface area (Å²) in [6.45, 7) is 0. The van der Waals surface area contributed by atoms with Crippen LogP contribution >= 0.6 is 23.2 Å². The van der Waals surface area contributed by atoms with Crippen LogP contribution in [0.5, 0.6) is 0 Å². The van der Waals surface area contributed by atoms with Crippen LogP contribution in [0.3, 0.4) is 0 Å². The maximum Gasteiger partial charge on any atom is 0.118 e. The molecule has 0 spiro atoms. The van der Waals surface area contributed by atoms with E-state index in [-0.39, 0.29) is 0 Å². The molecule has 86 valence electrons. The summed E-state index contributed by atoms with van der Waals surface area (Å²) in [6, 6.07) is 7.02.